The number of piperazine rings is 1. The van der Waals surface area contributed by atoms with Gasteiger partial charge in [-0.2, -0.15) is 9.97 Å². The fourth-order valence-electron chi connectivity index (χ4n) is 12.0. The lowest BCUT2D eigenvalue weighted by Crippen LogP contribution is -2.52. The summed E-state index contributed by atoms with van der Waals surface area (Å²) >= 11 is 0. The zero-order valence-electron chi connectivity index (χ0n) is 33.2. The second-order valence-corrected chi connectivity index (χ2v) is 18.3. The van der Waals surface area contributed by atoms with Crippen LogP contribution < -0.4 is 19.6 Å². The molecule has 0 unspecified atom stereocenters. The van der Waals surface area contributed by atoms with Crippen LogP contribution in [0.15, 0.2) is 53.1 Å². The first-order valence-corrected chi connectivity index (χ1v) is 21.5. The van der Waals surface area contributed by atoms with Gasteiger partial charge in [-0.15, -0.1) is 0 Å². The molecule has 0 bridgehead atoms. The van der Waals surface area contributed by atoms with E-state index in [0.717, 1.165) is 128 Å². The Hall–Kier alpha value is -3.43. The topological polar surface area (TPSA) is 79.3 Å². The molecule has 2 aromatic rings. The van der Waals surface area contributed by atoms with Gasteiger partial charge in [0.15, 0.2) is 5.78 Å². The fraction of sp³-hybridized carbons (Fsp3) is 0.667. The van der Waals surface area contributed by atoms with Crippen LogP contribution in [0, 0.1) is 17.3 Å². The molecule has 9 nitrogen and oxygen atoms in total. The number of fused-ring (bicyclic) bond motifs is 4. The number of allylic oxidation sites excluding steroid dienone is 4. The van der Waals surface area contributed by atoms with Crippen molar-refractivity contribution >= 4 is 29.1 Å². The van der Waals surface area contributed by atoms with Gasteiger partial charge in [0.05, 0.1) is 5.60 Å². The fourth-order valence-corrected chi connectivity index (χ4v) is 12.0. The van der Waals surface area contributed by atoms with Crippen LogP contribution in [-0.2, 0) is 4.79 Å². The SMILES string of the molecule is CN(C)c1ccc([C@H]2C[C@@]3(C)[C@@H](CC[C@@]3(O)CCCN3CCN(c4cc(N5CCCC5)nc(N5CCCC5)n4)CC3)[C@@H]3CCC4=CC(=O)CCC4=C32)cc1. The van der Waals surface area contributed by atoms with Crippen molar-refractivity contribution in [1.29, 1.82) is 0 Å². The molecule has 0 spiro atoms. The number of aromatic nitrogens is 2. The highest BCUT2D eigenvalue weighted by Gasteiger charge is 2.62. The molecular weight excluding hydrogens is 671 g/mol. The van der Waals surface area contributed by atoms with Gasteiger partial charge in [-0.05, 0) is 130 Å². The summed E-state index contributed by atoms with van der Waals surface area (Å²) in [4.78, 5) is 34.8. The minimum Gasteiger partial charge on any atom is -0.389 e. The van der Waals surface area contributed by atoms with Crippen LogP contribution in [0.5, 0.6) is 0 Å². The van der Waals surface area contributed by atoms with Crippen LogP contribution in [0.4, 0.5) is 23.3 Å². The molecule has 3 aliphatic heterocycles. The van der Waals surface area contributed by atoms with Crippen molar-refractivity contribution in [3.63, 3.8) is 0 Å². The molecule has 4 aliphatic carbocycles. The first-order chi connectivity index (χ1) is 26.2. The molecule has 0 radical (unpaired) electrons. The van der Waals surface area contributed by atoms with Gasteiger partial charge in [-0.25, -0.2) is 0 Å². The van der Waals surface area contributed by atoms with E-state index in [1.165, 1.54) is 48.1 Å². The van der Waals surface area contributed by atoms with Crippen molar-refractivity contribution < 1.29 is 9.90 Å². The van der Waals surface area contributed by atoms with Crippen molar-refractivity contribution in [2.75, 3.05) is 92.6 Å². The summed E-state index contributed by atoms with van der Waals surface area (Å²) in [5, 5.41) is 12.8. The largest absolute Gasteiger partial charge is 0.389 e. The summed E-state index contributed by atoms with van der Waals surface area (Å²) in [7, 11) is 4.21. The van der Waals surface area contributed by atoms with Gasteiger partial charge in [-0.1, -0.05) is 24.6 Å². The van der Waals surface area contributed by atoms with Crippen molar-refractivity contribution in [3.05, 3.63) is 58.7 Å². The Balaban J connectivity index is 0.886. The summed E-state index contributed by atoms with van der Waals surface area (Å²) < 4.78 is 0. The molecule has 5 fully saturated rings. The molecule has 54 heavy (non-hydrogen) atoms. The number of carbonyl (C=O) groups is 1. The lowest BCUT2D eigenvalue weighted by molar-refractivity contribution is -0.114. The maximum atomic E-state index is 12.8. The zero-order valence-corrected chi connectivity index (χ0v) is 33.2. The highest BCUT2D eigenvalue weighted by Crippen LogP contribution is 2.67. The van der Waals surface area contributed by atoms with E-state index in [1.54, 1.807) is 5.57 Å². The number of anilines is 4. The van der Waals surface area contributed by atoms with Gasteiger partial charge in [0.25, 0.3) is 0 Å². The van der Waals surface area contributed by atoms with Gasteiger partial charge in [0.2, 0.25) is 5.95 Å². The molecule has 0 amide bonds. The third kappa shape index (κ3) is 6.55. The van der Waals surface area contributed by atoms with Crippen LogP contribution in [0.2, 0.25) is 0 Å². The number of carbonyl (C=O) groups excluding carboxylic acids is 1. The number of benzene rings is 1. The molecule has 9 rings (SSSR count). The van der Waals surface area contributed by atoms with Crippen LogP contribution >= 0.6 is 0 Å². The van der Waals surface area contributed by atoms with Crippen LogP contribution in [-0.4, -0.2) is 104 Å². The van der Waals surface area contributed by atoms with Crippen LogP contribution in [0.1, 0.15) is 102 Å². The maximum Gasteiger partial charge on any atom is 0.229 e. The van der Waals surface area contributed by atoms with Gasteiger partial charge in [0, 0.05) is 96.0 Å². The Bertz CT molecular complexity index is 1730. The molecule has 290 valence electrons. The Morgan fingerprint density at radius 3 is 2.19 bits per heavy atom. The monoisotopic (exact) mass is 734 g/mol. The van der Waals surface area contributed by atoms with Gasteiger partial charge in [-0.3, -0.25) is 9.69 Å². The van der Waals surface area contributed by atoms with E-state index in [1.807, 2.05) is 6.08 Å². The molecule has 2 saturated carbocycles. The molecule has 1 N–H and O–H groups in total. The molecule has 7 aliphatic rings. The van der Waals surface area contributed by atoms with E-state index in [0.29, 0.717) is 24.0 Å². The Labute approximate surface area is 323 Å². The summed E-state index contributed by atoms with van der Waals surface area (Å²) in [5.74, 6) is 4.69. The minimum atomic E-state index is -0.658. The van der Waals surface area contributed by atoms with Gasteiger partial charge < -0.3 is 24.7 Å². The first kappa shape index (κ1) is 36.2. The van der Waals surface area contributed by atoms with E-state index in [-0.39, 0.29) is 11.3 Å². The number of rotatable bonds is 9. The predicted molar refractivity (Wildman–Crippen MR) is 219 cm³/mol. The summed E-state index contributed by atoms with van der Waals surface area (Å²) in [6.07, 6.45) is 15.5. The van der Waals surface area contributed by atoms with E-state index in [9.17, 15) is 9.90 Å². The standard InChI is InChI=1S/C45H63N7O2/c1-44-31-38(32-9-12-34(13-10-32)48(2)3)42-36-16-14-35(53)29-33(36)11-15-37(42)39(44)17-19-45(44,54)18-8-20-49-25-27-51(28-26-49)41-30-40(50-21-4-5-22-50)46-43(47-41)52-23-6-7-24-52/h9-10,12-13,29-30,37-39,54H,4-8,11,14-28,31H2,1-3H3/t37-,38+,39-,44-,45-/m0/s1. The maximum absolute atomic E-state index is 12.8. The van der Waals surface area contributed by atoms with Crippen molar-refractivity contribution in [1.82, 2.24) is 14.9 Å². The third-order valence-electron chi connectivity index (χ3n) is 15.1. The average Bonchev–Trinajstić information content (AvgIpc) is 3.97. The Morgan fingerprint density at radius 2 is 1.50 bits per heavy atom. The second-order valence-electron chi connectivity index (χ2n) is 18.3. The zero-order chi connectivity index (χ0) is 37.0. The molecule has 1 aromatic heterocycles. The molecule has 9 heteroatoms. The Kier molecular flexibility index (Phi) is 9.78. The third-order valence-corrected chi connectivity index (χ3v) is 15.1. The second kappa shape index (κ2) is 14.6. The smallest absolute Gasteiger partial charge is 0.229 e. The van der Waals surface area contributed by atoms with E-state index in [4.69, 9.17) is 9.97 Å². The number of hydrogen-bond donors (Lipinski definition) is 1. The number of nitrogens with zero attached hydrogens (tertiary/aromatic N) is 7. The van der Waals surface area contributed by atoms with Crippen molar-refractivity contribution in [2.45, 2.75) is 102 Å². The molecule has 5 atom stereocenters. The van der Waals surface area contributed by atoms with Crippen molar-refractivity contribution in [2.24, 2.45) is 17.3 Å². The number of hydrogen-bond acceptors (Lipinski definition) is 9. The van der Waals surface area contributed by atoms with E-state index >= 15 is 0 Å². The predicted octanol–water partition coefficient (Wildman–Crippen LogP) is 6.98. The normalized spacial score (nSPS) is 31.5. The number of ketones is 1. The molecule has 1 aromatic carbocycles. The lowest BCUT2D eigenvalue weighted by atomic mass is 9.51. The Morgan fingerprint density at radius 1 is 0.833 bits per heavy atom. The summed E-state index contributed by atoms with van der Waals surface area (Å²) in [6, 6.07) is 11.5. The summed E-state index contributed by atoms with van der Waals surface area (Å²) in [6.45, 7) is 11.8. The highest BCUT2D eigenvalue weighted by atomic mass is 16.3. The lowest BCUT2D eigenvalue weighted by Gasteiger charge is -2.55. The van der Waals surface area contributed by atoms with E-state index in [2.05, 4.69) is 75.9 Å². The molecular formula is C45H63N7O2. The average molecular weight is 734 g/mol. The number of aliphatic hydroxyl groups is 1. The van der Waals surface area contributed by atoms with E-state index < -0.39 is 5.60 Å². The van der Waals surface area contributed by atoms with Crippen LogP contribution in [0.25, 0.3) is 0 Å². The molecule has 4 heterocycles. The van der Waals surface area contributed by atoms with Crippen LogP contribution in [0.3, 0.4) is 0 Å². The molecule has 3 saturated heterocycles. The first-order valence-electron chi connectivity index (χ1n) is 21.5. The quantitative estimate of drug-likeness (QED) is 0.294. The van der Waals surface area contributed by atoms with Gasteiger partial charge >= 0.3 is 0 Å². The minimum absolute atomic E-state index is 0.135. The van der Waals surface area contributed by atoms with Crippen molar-refractivity contribution in [3.8, 4) is 0 Å². The summed E-state index contributed by atoms with van der Waals surface area (Å²) in [5.41, 5.74) is 6.22. The highest BCUT2D eigenvalue weighted by molar-refractivity contribution is 5.93. The van der Waals surface area contributed by atoms with Gasteiger partial charge in [0.1, 0.15) is 11.6 Å².